The summed E-state index contributed by atoms with van der Waals surface area (Å²) < 4.78 is 5.44. The van der Waals surface area contributed by atoms with Gasteiger partial charge in [-0.15, -0.1) is 0 Å². The van der Waals surface area contributed by atoms with Crippen LogP contribution in [0.2, 0.25) is 0 Å². The molecule has 0 atom stereocenters. The summed E-state index contributed by atoms with van der Waals surface area (Å²) in [7, 11) is 0. The number of rotatable bonds is 4. The zero-order valence-electron chi connectivity index (χ0n) is 16.1. The van der Waals surface area contributed by atoms with Crippen LogP contribution in [0.1, 0.15) is 33.0 Å². The van der Waals surface area contributed by atoms with E-state index >= 15 is 0 Å². The normalized spacial score (nSPS) is 11.6. The number of aromatic hydroxyl groups is 1. The first-order valence-corrected chi connectivity index (χ1v) is 9.54. The molecule has 0 aliphatic heterocycles. The number of carbonyl (C=O) groups is 2. The van der Waals surface area contributed by atoms with E-state index in [-0.39, 0.29) is 30.4 Å². The van der Waals surface area contributed by atoms with Gasteiger partial charge in [0.25, 0.3) is 0 Å². The Bertz CT molecular complexity index is 1130. The second-order valence-corrected chi connectivity index (χ2v) is 6.84. The van der Waals surface area contributed by atoms with Crippen LogP contribution in [-0.4, -0.2) is 30.6 Å². The molecule has 0 saturated heterocycles. The summed E-state index contributed by atoms with van der Waals surface area (Å²) in [5.41, 5.74) is 5.17. The maximum atomic E-state index is 12.1. The molecular weight excluding hydrogens is 378 g/mol. The summed E-state index contributed by atoms with van der Waals surface area (Å²) >= 11 is 0. The lowest BCUT2D eigenvalue weighted by Gasteiger charge is -2.14. The number of benzene rings is 3. The van der Waals surface area contributed by atoms with Gasteiger partial charge in [-0.1, -0.05) is 66.4 Å². The van der Waals surface area contributed by atoms with Gasteiger partial charge in [-0.05, 0) is 34.4 Å². The number of aldehydes is 1. The molecule has 0 heterocycles. The number of phenolic OH excluding ortho intramolecular Hbond substituents is 1. The molecule has 1 aliphatic carbocycles. The lowest BCUT2D eigenvalue weighted by molar-refractivity contribution is 0.112. The van der Waals surface area contributed by atoms with Gasteiger partial charge in [0.15, 0.2) is 6.29 Å². The van der Waals surface area contributed by atoms with Crippen LogP contribution in [-0.2, 0) is 4.74 Å². The number of hydrogen-bond donors (Lipinski definition) is 2. The Morgan fingerprint density at radius 2 is 1.67 bits per heavy atom. The molecule has 0 spiro atoms. The average molecular weight is 397 g/mol. The van der Waals surface area contributed by atoms with E-state index in [1.54, 1.807) is 12.1 Å². The molecule has 0 saturated carbocycles. The fraction of sp³-hybridized carbons (Fsp3) is 0.120. The fourth-order valence-electron chi connectivity index (χ4n) is 3.69. The van der Waals surface area contributed by atoms with E-state index in [1.165, 1.54) is 17.2 Å². The molecule has 1 aliphatic rings. The minimum Gasteiger partial charge on any atom is -0.507 e. The highest BCUT2D eigenvalue weighted by molar-refractivity contribution is 5.83. The number of fused-ring (bicyclic) bond motifs is 3. The fourth-order valence-corrected chi connectivity index (χ4v) is 3.69. The van der Waals surface area contributed by atoms with Crippen LogP contribution in [0.15, 0.2) is 66.7 Å². The molecule has 0 bridgehead atoms. The minimum absolute atomic E-state index is 0.00308. The first kappa shape index (κ1) is 19.3. The number of nitrogens with one attached hydrogen (secondary N) is 1. The Hall–Kier alpha value is -4.04. The van der Waals surface area contributed by atoms with E-state index < -0.39 is 6.09 Å². The topological polar surface area (TPSA) is 75.6 Å². The van der Waals surface area contributed by atoms with Gasteiger partial charge in [0.05, 0.1) is 12.1 Å². The van der Waals surface area contributed by atoms with Crippen LogP contribution in [0.4, 0.5) is 4.79 Å². The third-order valence-corrected chi connectivity index (χ3v) is 5.09. The molecule has 148 valence electrons. The van der Waals surface area contributed by atoms with E-state index in [9.17, 15) is 14.7 Å². The maximum Gasteiger partial charge on any atom is 0.407 e. The van der Waals surface area contributed by atoms with Crippen molar-refractivity contribution in [1.82, 2.24) is 5.32 Å². The van der Waals surface area contributed by atoms with Crippen molar-refractivity contribution in [2.75, 3.05) is 13.2 Å². The molecule has 0 aromatic heterocycles. The number of amides is 1. The lowest BCUT2D eigenvalue weighted by atomic mass is 9.98. The number of hydrogen-bond acceptors (Lipinski definition) is 4. The number of alkyl carbamates (subject to hydrolysis) is 1. The molecule has 0 radical (unpaired) electrons. The third kappa shape index (κ3) is 3.76. The predicted octanol–water partition coefficient (Wildman–Crippen LogP) is 4.09. The molecular formula is C25H19NO4. The lowest BCUT2D eigenvalue weighted by Crippen LogP contribution is -2.26. The van der Waals surface area contributed by atoms with Crippen LogP contribution >= 0.6 is 0 Å². The molecule has 3 aromatic carbocycles. The van der Waals surface area contributed by atoms with Gasteiger partial charge in [0, 0.05) is 11.5 Å². The summed E-state index contributed by atoms with van der Waals surface area (Å²) in [5, 5.41) is 12.3. The molecule has 2 N–H and O–H groups in total. The van der Waals surface area contributed by atoms with Gasteiger partial charge in [-0.3, -0.25) is 4.79 Å². The second-order valence-electron chi connectivity index (χ2n) is 6.84. The van der Waals surface area contributed by atoms with Crippen molar-refractivity contribution in [3.05, 3.63) is 89.0 Å². The summed E-state index contributed by atoms with van der Waals surface area (Å²) in [4.78, 5) is 23.2. The Morgan fingerprint density at radius 1 is 1.00 bits per heavy atom. The summed E-state index contributed by atoms with van der Waals surface area (Å²) in [6.45, 7) is 0.291. The Kier molecular flexibility index (Phi) is 5.49. The first-order valence-electron chi connectivity index (χ1n) is 9.54. The van der Waals surface area contributed by atoms with Crippen molar-refractivity contribution >= 4 is 12.4 Å². The van der Waals surface area contributed by atoms with Crippen molar-refractivity contribution in [2.24, 2.45) is 0 Å². The number of carbonyl (C=O) groups excluding carboxylic acids is 2. The summed E-state index contributed by atoms with van der Waals surface area (Å²) in [6.07, 6.45) is -0.00381. The van der Waals surface area contributed by atoms with Crippen LogP contribution in [0, 0.1) is 11.8 Å². The summed E-state index contributed by atoms with van der Waals surface area (Å²) in [6, 6.07) is 20.9. The quantitative estimate of drug-likeness (QED) is 0.514. The largest absolute Gasteiger partial charge is 0.507 e. The average Bonchev–Trinajstić information content (AvgIpc) is 3.09. The second kappa shape index (κ2) is 8.54. The number of ether oxygens (including phenoxy) is 1. The standard InChI is InChI=1S/C25H19NO4/c27-15-22-17(7-5-13-24(22)28)8-6-14-26-25(29)30-16-23-20-11-3-1-9-18(20)19-10-2-4-12-21(19)23/h1-5,7,9-13,15,23,28H,14,16H2,(H,26,29). The predicted molar refractivity (Wildman–Crippen MR) is 113 cm³/mol. The monoisotopic (exact) mass is 397 g/mol. The molecule has 30 heavy (non-hydrogen) atoms. The smallest absolute Gasteiger partial charge is 0.407 e. The van der Waals surface area contributed by atoms with Crippen LogP contribution < -0.4 is 5.32 Å². The molecule has 0 unspecified atom stereocenters. The van der Waals surface area contributed by atoms with Crippen LogP contribution in [0.3, 0.4) is 0 Å². The van der Waals surface area contributed by atoms with Crippen molar-refractivity contribution in [3.8, 4) is 28.7 Å². The first-order chi connectivity index (χ1) is 14.7. The van der Waals surface area contributed by atoms with E-state index in [0.717, 1.165) is 11.1 Å². The van der Waals surface area contributed by atoms with Gasteiger partial charge in [-0.25, -0.2) is 4.79 Å². The highest BCUT2D eigenvalue weighted by Gasteiger charge is 2.28. The SMILES string of the molecule is O=Cc1c(O)cccc1C#CCNC(=O)OCC1c2ccccc2-c2ccccc21. The summed E-state index contributed by atoms with van der Waals surface area (Å²) in [5.74, 6) is 5.41. The van der Waals surface area contributed by atoms with Gasteiger partial charge >= 0.3 is 6.09 Å². The van der Waals surface area contributed by atoms with E-state index in [4.69, 9.17) is 4.74 Å². The molecule has 4 rings (SSSR count). The molecule has 0 fully saturated rings. The van der Waals surface area contributed by atoms with E-state index in [1.807, 2.05) is 24.3 Å². The van der Waals surface area contributed by atoms with Crippen molar-refractivity contribution in [2.45, 2.75) is 5.92 Å². The third-order valence-electron chi connectivity index (χ3n) is 5.09. The van der Waals surface area contributed by atoms with E-state index in [0.29, 0.717) is 11.8 Å². The Balaban J connectivity index is 1.37. The highest BCUT2D eigenvalue weighted by atomic mass is 16.5. The Labute approximate surface area is 174 Å². The van der Waals surface area contributed by atoms with Gasteiger partial charge < -0.3 is 15.2 Å². The molecule has 1 amide bonds. The number of phenols is 1. The van der Waals surface area contributed by atoms with Crippen molar-refractivity contribution in [3.63, 3.8) is 0 Å². The maximum absolute atomic E-state index is 12.1. The highest BCUT2D eigenvalue weighted by Crippen LogP contribution is 2.44. The van der Waals surface area contributed by atoms with Crippen LogP contribution in [0.25, 0.3) is 11.1 Å². The minimum atomic E-state index is -0.558. The zero-order valence-corrected chi connectivity index (χ0v) is 16.1. The van der Waals surface area contributed by atoms with Gasteiger partial charge in [-0.2, -0.15) is 0 Å². The molecule has 3 aromatic rings. The van der Waals surface area contributed by atoms with Crippen molar-refractivity contribution in [1.29, 1.82) is 0 Å². The molecule has 5 heteroatoms. The Morgan fingerprint density at radius 3 is 2.33 bits per heavy atom. The zero-order chi connectivity index (χ0) is 20.9. The van der Waals surface area contributed by atoms with Gasteiger partial charge in [0.1, 0.15) is 12.4 Å². The van der Waals surface area contributed by atoms with Gasteiger partial charge in [0.2, 0.25) is 0 Å². The van der Waals surface area contributed by atoms with Crippen LogP contribution in [0.5, 0.6) is 5.75 Å². The van der Waals surface area contributed by atoms with E-state index in [2.05, 4.69) is 41.4 Å². The van der Waals surface area contributed by atoms with Crippen molar-refractivity contribution < 1.29 is 19.4 Å². The molecule has 5 nitrogen and oxygen atoms in total.